The van der Waals surface area contributed by atoms with Crippen molar-refractivity contribution in [3.63, 3.8) is 0 Å². The van der Waals surface area contributed by atoms with E-state index in [1.165, 1.54) is 17.1 Å². The lowest BCUT2D eigenvalue weighted by Gasteiger charge is -2.07. The molecule has 6 nitrogen and oxygen atoms in total. The van der Waals surface area contributed by atoms with Gasteiger partial charge in [-0.25, -0.2) is 13.1 Å². The lowest BCUT2D eigenvalue weighted by atomic mass is 10.2. The molecule has 2 aromatic carbocycles. The third kappa shape index (κ3) is 2.94. The van der Waals surface area contributed by atoms with E-state index in [0.29, 0.717) is 15.9 Å². The molecule has 0 aliphatic carbocycles. The van der Waals surface area contributed by atoms with Crippen molar-refractivity contribution in [1.82, 2.24) is 14.8 Å². The third-order valence-electron chi connectivity index (χ3n) is 3.85. The van der Waals surface area contributed by atoms with Crippen LogP contribution in [0.1, 0.15) is 0 Å². The van der Waals surface area contributed by atoms with Crippen LogP contribution in [-0.4, -0.2) is 23.2 Å². The third-order valence-corrected chi connectivity index (χ3v) is 5.86. The Balaban J connectivity index is 1.71. The van der Waals surface area contributed by atoms with Crippen molar-refractivity contribution >= 4 is 49.8 Å². The zero-order valence-corrected chi connectivity index (χ0v) is 15.5. The summed E-state index contributed by atoms with van der Waals surface area (Å²) in [7, 11) is -3.86. The van der Waals surface area contributed by atoms with Gasteiger partial charge in [0.15, 0.2) is 5.15 Å². The summed E-state index contributed by atoms with van der Waals surface area (Å²) in [6, 6.07) is 14.1. The second kappa shape index (κ2) is 6.35. The van der Waals surface area contributed by atoms with Crippen molar-refractivity contribution in [3.05, 3.63) is 71.1 Å². The maximum atomic E-state index is 12.8. The van der Waals surface area contributed by atoms with E-state index >= 15 is 0 Å². The fourth-order valence-corrected chi connectivity index (χ4v) is 4.34. The van der Waals surface area contributed by atoms with E-state index in [-0.39, 0.29) is 15.7 Å². The number of hydrogen-bond donors (Lipinski definition) is 2. The fourth-order valence-electron chi connectivity index (χ4n) is 2.65. The number of anilines is 1. The van der Waals surface area contributed by atoms with Crippen LogP contribution in [0.4, 0.5) is 5.69 Å². The van der Waals surface area contributed by atoms with Gasteiger partial charge in [-0.2, -0.15) is 5.10 Å². The van der Waals surface area contributed by atoms with Crippen LogP contribution in [0.5, 0.6) is 0 Å². The first-order chi connectivity index (χ1) is 12.5. The van der Waals surface area contributed by atoms with E-state index in [4.69, 9.17) is 23.2 Å². The second-order valence-electron chi connectivity index (χ2n) is 5.54. The molecule has 0 saturated heterocycles. The van der Waals surface area contributed by atoms with Gasteiger partial charge in [0.25, 0.3) is 10.0 Å². The predicted octanol–water partition coefficient (Wildman–Crippen LogP) is 4.46. The van der Waals surface area contributed by atoms with Crippen LogP contribution in [0.25, 0.3) is 16.6 Å². The molecule has 0 spiro atoms. The number of halogens is 2. The zero-order chi connectivity index (χ0) is 18.3. The van der Waals surface area contributed by atoms with E-state index in [2.05, 4.69) is 14.8 Å². The fraction of sp³-hybridized carbons (Fsp3) is 0. The summed E-state index contributed by atoms with van der Waals surface area (Å²) in [5.74, 6) is 0. The number of H-pyrrole nitrogens is 1. The Kier molecular flexibility index (Phi) is 4.14. The highest BCUT2D eigenvalue weighted by Crippen LogP contribution is 2.30. The molecule has 2 N–H and O–H groups in total. The van der Waals surface area contributed by atoms with Gasteiger partial charge in [0.1, 0.15) is 10.6 Å². The molecular formula is C17H12Cl2N4O2S. The van der Waals surface area contributed by atoms with E-state index in [1.807, 2.05) is 30.3 Å². The van der Waals surface area contributed by atoms with Gasteiger partial charge in [0.2, 0.25) is 0 Å². The largest absolute Gasteiger partial charge is 0.360 e. The van der Waals surface area contributed by atoms with Crippen LogP contribution in [0.15, 0.2) is 65.8 Å². The molecule has 0 unspecified atom stereocenters. The van der Waals surface area contributed by atoms with Crippen LogP contribution >= 0.6 is 23.2 Å². The van der Waals surface area contributed by atoms with Crippen molar-refractivity contribution < 1.29 is 8.42 Å². The number of para-hydroxylation sites is 1. The zero-order valence-electron chi connectivity index (χ0n) is 13.1. The highest BCUT2D eigenvalue weighted by Gasteiger charge is 2.22. The van der Waals surface area contributed by atoms with Crippen LogP contribution < -0.4 is 4.72 Å². The first kappa shape index (κ1) is 17.0. The Morgan fingerprint density at radius 2 is 1.85 bits per heavy atom. The summed E-state index contributed by atoms with van der Waals surface area (Å²) in [6.07, 6.45) is 2.79. The Morgan fingerprint density at radius 3 is 2.62 bits per heavy atom. The van der Waals surface area contributed by atoms with E-state index < -0.39 is 10.0 Å². The van der Waals surface area contributed by atoms with E-state index in [1.54, 1.807) is 18.2 Å². The molecule has 0 amide bonds. The van der Waals surface area contributed by atoms with Gasteiger partial charge in [-0.1, -0.05) is 41.4 Å². The van der Waals surface area contributed by atoms with Crippen molar-refractivity contribution in [2.24, 2.45) is 0 Å². The summed E-state index contributed by atoms with van der Waals surface area (Å²) in [4.78, 5) is 3.01. The van der Waals surface area contributed by atoms with Crippen molar-refractivity contribution in [3.8, 4) is 5.69 Å². The molecule has 0 aliphatic heterocycles. The Hall–Kier alpha value is -2.48. The number of nitrogens with one attached hydrogen (secondary N) is 2. The van der Waals surface area contributed by atoms with Gasteiger partial charge >= 0.3 is 0 Å². The summed E-state index contributed by atoms with van der Waals surface area (Å²) < 4.78 is 29.5. The lowest BCUT2D eigenvalue weighted by Crippen LogP contribution is -2.12. The minimum Gasteiger partial charge on any atom is -0.360 e. The highest BCUT2D eigenvalue weighted by molar-refractivity contribution is 7.93. The van der Waals surface area contributed by atoms with Crippen LogP contribution in [0.2, 0.25) is 10.2 Å². The number of aromatic amines is 1. The summed E-state index contributed by atoms with van der Waals surface area (Å²) >= 11 is 12.3. The molecular weight excluding hydrogens is 395 g/mol. The van der Waals surface area contributed by atoms with Gasteiger partial charge in [-0.05, 0) is 30.3 Å². The number of fused-ring (bicyclic) bond motifs is 1. The average Bonchev–Trinajstić information content (AvgIpc) is 3.20. The molecule has 132 valence electrons. The molecule has 0 atom stereocenters. The smallest absolute Gasteiger partial charge is 0.264 e. The van der Waals surface area contributed by atoms with Crippen LogP contribution in [0, 0.1) is 0 Å². The maximum Gasteiger partial charge on any atom is 0.264 e. The molecule has 0 saturated carbocycles. The molecule has 4 aromatic rings. The number of nitrogens with zero attached hydrogens (tertiary/aromatic N) is 2. The quantitative estimate of drug-likeness (QED) is 0.524. The number of aromatic nitrogens is 3. The van der Waals surface area contributed by atoms with Gasteiger partial charge < -0.3 is 4.98 Å². The number of hydrogen-bond acceptors (Lipinski definition) is 3. The lowest BCUT2D eigenvalue weighted by molar-refractivity contribution is 0.602. The van der Waals surface area contributed by atoms with Crippen molar-refractivity contribution in [1.29, 1.82) is 0 Å². The molecule has 9 heteroatoms. The second-order valence-corrected chi connectivity index (χ2v) is 7.99. The summed E-state index contributed by atoms with van der Waals surface area (Å²) in [5, 5.41) is 5.38. The Labute approximate surface area is 159 Å². The first-order valence-corrected chi connectivity index (χ1v) is 9.78. The Bertz CT molecular complexity index is 1200. The highest BCUT2D eigenvalue weighted by atomic mass is 35.5. The standard InChI is InChI=1S/C17H12Cl2N4O2S/c18-11-6-7-13-14(8-11)20-10-16(13)26(24,25)22-15-9-21-23(17(15)19)12-4-2-1-3-5-12/h1-10,20,22H. The SMILES string of the molecule is O=S(=O)(Nc1cnn(-c2ccccc2)c1Cl)c1c[nH]c2cc(Cl)ccc12. The summed E-state index contributed by atoms with van der Waals surface area (Å²) in [5.41, 5.74) is 1.55. The molecule has 4 rings (SSSR count). The predicted molar refractivity (Wildman–Crippen MR) is 103 cm³/mol. The topological polar surface area (TPSA) is 79.8 Å². The number of rotatable bonds is 4. The molecule has 0 radical (unpaired) electrons. The van der Waals surface area contributed by atoms with Crippen LogP contribution in [-0.2, 0) is 10.0 Å². The maximum absolute atomic E-state index is 12.8. The number of sulfonamides is 1. The molecule has 2 heterocycles. The minimum absolute atomic E-state index is 0.104. The van der Waals surface area contributed by atoms with Gasteiger partial charge in [0.05, 0.1) is 11.9 Å². The molecule has 0 aliphatic rings. The average molecular weight is 407 g/mol. The Morgan fingerprint density at radius 1 is 1.08 bits per heavy atom. The van der Waals surface area contributed by atoms with E-state index in [9.17, 15) is 8.42 Å². The molecule has 0 fully saturated rings. The van der Waals surface area contributed by atoms with Crippen molar-refractivity contribution in [2.75, 3.05) is 4.72 Å². The summed E-state index contributed by atoms with van der Waals surface area (Å²) in [6.45, 7) is 0. The van der Waals surface area contributed by atoms with Gasteiger partial charge in [0, 0.05) is 22.1 Å². The van der Waals surface area contributed by atoms with Crippen molar-refractivity contribution in [2.45, 2.75) is 4.90 Å². The first-order valence-electron chi connectivity index (χ1n) is 7.54. The van der Waals surface area contributed by atoms with Crippen LogP contribution in [0.3, 0.4) is 0 Å². The monoisotopic (exact) mass is 406 g/mol. The number of benzene rings is 2. The van der Waals surface area contributed by atoms with Gasteiger partial charge in [-0.15, -0.1) is 0 Å². The molecule has 2 aromatic heterocycles. The molecule has 26 heavy (non-hydrogen) atoms. The molecule has 0 bridgehead atoms. The normalized spacial score (nSPS) is 11.8. The van der Waals surface area contributed by atoms with Gasteiger partial charge in [-0.3, -0.25) is 4.72 Å². The van der Waals surface area contributed by atoms with E-state index in [0.717, 1.165) is 5.69 Å². The minimum atomic E-state index is -3.86.